The maximum atomic E-state index is 13.5. The van der Waals surface area contributed by atoms with Crippen LogP contribution in [-0.4, -0.2) is 34.9 Å². The van der Waals surface area contributed by atoms with Gasteiger partial charge in [-0.25, -0.2) is 0 Å². The van der Waals surface area contributed by atoms with E-state index in [0.717, 1.165) is 42.3 Å². The molecule has 0 saturated heterocycles. The molecule has 63 heavy (non-hydrogen) atoms. The van der Waals surface area contributed by atoms with Crippen LogP contribution >= 0.6 is 63.7 Å². The van der Waals surface area contributed by atoms with Crippen molar-refractivity contribution in [2.75, 3.05) is 7.11 Å². The number of aliphatic carboxylic acids is 1. The van der Waals surface area contributed by atoms with Gasteiger partial charge in [0.05, 0.1) is 37.0 Å². The number of carbonyl (C=O) groups is 3. The van der Waals surface area contributed by atoms with Crippen LogP contribution in [0.3, 0.4) is 0 Å². The molecule has 0 atom stereocenters. The predicted molar refractivity (Wildman–Crippen MR) is 263 cm³/mol. The standard InChI is InChI=1S/C26H24Br2O5.C25H24Br2O3/c1-14(2)18-12-23(33-26-20(27)9-16(10-21(26)28)11-24(29)30)19(13-22(18)32-4)25(31)17-7-5-6-15(3)8-17;1-15(2)20-14-24(19(13-23(20)29)10-17-7-5-4-6-8-17)30-25-21(26)11-18(9-16(3)28)12-22(25)27/h5-10,12-14H,11H2,1-4H3,(H,29,30);4-8,11-15,29H,9-10H2,1-3H3. The first-order valence-corrected chi connectivity index (χ1v) is 23.3. The van der Waals surface area contributed by atoms with Gasteiger partial charge in [-0.3, -0.25) is 14.4 Å². The maximum absolute atomic E-state index is 13.5. The zero-order valence-electron chi connectivity index (χ0n) is 35.9. The second kappa shape index (κ2) is 22.2. The van der Waals surface area contributed by atoms with Crippen molar-refractivity contribution in [1.29, 1.82) is 0 Å². The number of hydrogen-bond acceptors (Lipinski definition) is 7. The molecular formula is C51H48Br4O8. The number of carboxylic acids is 1. The number of phenolic OH excluding ortho intramolecular Hbond substituents is 1. The average molecular weight is 1110 g/mol. The highest BCUT2D eigenvalue weighted by atomic mass is 79.9. The summed E-state index contributed by atoms with van der Waals surface area (Å²) in [6.45, 7) is 11.7. The molecule has 0 radical (unpaired) electrons. The van der Waals surface area contributed by atoms with E-state index in [1.165, 1.54) is 0 Å². The van der Waals surface area contributed by atoms with Crippen molar-refractivity contribution >= 4 is 81.3 Å². The van der Waals surface area contributed by atoms with Crippen LogP contribution in [0.5, 0.6) is 34.5 Å². The zero-order chi connectivity index (χ0) is 46.1. The number of rotatable bonds is 15. The number of aromatic hydroxyl groups is 1. The summed E-state index contributed by atoms with van der Waals surface area (Å²) in [6, 6.07) is 31.9. The third-order valence-electron chi connectivity index (χ3n) is 9.90. The van der Waals surface area contributed by atoms with Crippen molar-refractivity contribution < 1.29 is 38.8 Å². The van der Waals surface area contributed by atoms with E-state index in [2.05, 4.69) is 75.9 Å². The highest BCUT2D eigenvalue weighted by molar-refractivity contribution is 9.11. The van der Waals surface area contributed by atoms with Gasteiger partial charge in [0.15, 0.2) is 17.3 Å². The third kappa shape index (κ3) is 13.2. The Morgan fingerprint density at radius 1 is 0.619 bits per heavy atom. The smallest absolute Gasteiger partial charge is 0.307 e. The molecule has 2 N–H and O–H groups in total. The zero-order valence-corrected chi connectivity index (χ0v) is 42.3. The summed E-state index contributed by atoms with van der Waals surface area (Å²) in [5.74, 6) is 2.34. The van der Waals surface area contributed by atoms with Crippen molar-refractivity contribution in [3.63, 3.8) is 0 Å². The molecule has 0 fully saturated rings. The summed E-state index contributed by atoms with van der Waals surface area (Å²) in [6.07, 6.45) is 0.891. The molecule has 6 aromatic carbocycles. The molecule has 0 amide bonds. The summed E-state index contributed by atoms with van der Waals surface area (Å²) in [5.41, 5.74) is 7.20. The van der Waals surface area contributed by atoms with Crippen LogP contribution in [0.1, 0.15) is 101 Å². The van der Waals surface area contributed by atoms with E-state index in [1.807, 2.05) is 95.3 Å². The van der Waals surface area contributed by atoms with Crippen LogP contribution in [0.25, 0.3) is 0 Å². The number of carbonyl (C=O) groups excluding carboxylic acids is 2. The first-order chi connectivity index (χ1) is 29.8. The highest BCUT2D eigenvalue weighted by Gasteiger charge is 2.23. The number of halogens is 4. The lowest BCUT2D eigenvalue weighted by atomic mass is 9.95. The van der Waals surface area contributed by atoms with Gasteiger partial charge in [0.2, 0.25) is 0 Å². The molecule has 0 spiro atoms. The molecule has 0 aliphatic carbocycles. The number of carboxylic acid groups (broad SMARTS) is 1. The van der Waals surface area contributed by atoms with Crippen molar-refractivity contribution in [1.82, 2.24) is 0 Å². The molecule has 8 nitrogen and oxygen atoms in total. The van der Waals surface area contributed by atoms with Crippen molar-refractivity contribution in [3.8, 4) is 34.5 Å². The number of benzene rings is 6. The molecule has 0 unspecified atom stereocenters. The van der Waals surface area contributed by atoms with E-state index < -0.39 is 5.97 Å². The van der Waals surface area contributed by atoms with Gasteiger partial charge >= 0.3 is 5.97 Å². The largest absolute Gasteiger partial charge is 0.508 e. The first-order valence-electron chi connectivity index (χ1n) is 20.1. The molecule has 328 valence electrons. The van der Waals surface area contributed by atoms with E-state index in [4.69, 9.17) is 19.3 Å². The number of ether oxygens (including phenoxy) is 3. The molecule has 6 rings (SSSR count). The topological polar surface area (TPSA) is 119 Å². The summed E-state index contributed by atoms with van der Waals surface area (Å²) in [7, 11) is 1.58. The van der Waals surface area contributed by atoms with Gasteiger partial charge in [-0.1, -0.05) is 81.8 Å². The highest BCUT2D eigenvalue weighted by Crippen LogP contribution is 2.44. The van der Waals surface area contributed by atoms with Crippen LogP contribution in [0.4, 0.5) is 0 Å². The lowest BCUT2D eigenvalue weighted by Gasteiger charge is -2.19. The molecular weight excluding hydrogens is 1060 g/mol. The molecule has 0 aliphatic heterocycles. The number of phenols is 1. The van der Waals surface area contributed by atoms with Gasteiger partial charge in [-0.2, -0.15) is 0 Å². The normalized spacial score (nSPS) is 10.9. The summed E-state index contributed by atoms with van der Waals surface area (Å²) in [4.78, 5) is 36.1. The first kappa shape index (κ1) is 49.3. The molecule has 0 heterocycles. The summed E-state index contributed by atoms with van der Waals surface area (Å²) >= 11 is 14.1. The fourth-order valence-electron chi connectivity index (χ4n) is 6.85. The summed E-state index contributed by atoms with van der Waals surface area (Å²) < 4.78 is 20.9. The van der Waals surface area contributed by atoms with Crippen LogP contribution in [0.15, 0.2) is 121 Å². The third-order valence-corrected chi connectivity index (χ3v) is 12.3. The van der Waals surface area contributed by atoms with E-state index in [1.54, 1.807) is 44.4 Å². The minimum atomic E-state index is -0.926. The minimum absolute atomic E-state index is 0.104. The van der Waals surface area contributed by atoms with E-state index in [9.17, 15) is 19.5 Å². The number of ketones is 2. The minimum Gasteiger partial charge on any atom is -0.508 e. The van der Waals surface area contributed by atoms with Gasteiger partial charge < -0.3 is 24.4 Å². The predicted octanol–water partition coefficient (Wildman–Crippen LogP) is 14.9. The van der Waals surface area contributed by atoms with Crippen molar-refractivity contribution in [2.24, 2.45) is 0 Å². The van der Waals surface area contributed by atoms with Crippen molar-refractivity contribution in [2.45, 2.75) is 72.6 Å². The van der Waals surface area contributed by atoms with Gasteiger partial charge in [-0.15, -0.1) is 0 Å². The quantitative estimate of drug-likeness (QED) is 0.0976. The Labute approximate surface area is 402 Å². The van der Waals surface area contributed by atoms with E-state index >= 15 is 0 Å². The second-order valence-corrected chi connectivity index (χ2v) is 19.1. The van der Waals surface area contributed by atoms with Gasteiger partial charge in [-0.05, 0) is 161 Å². The molecule has 0 aliphatic rings. The average Bonchev–Trinajstić information content (AvgIpc) is 3.20. The van der Waals surface area contributed by atoms with E-state index in [-0.39, 0.29) is 35.6 Å². The van der Waals surface area contributed by atoms with Crippen molar-refractivity contribution in [3.05, 3.63) is 171 Å². The second-order valence-electron chi connectivity index (χ2n) is 15.7. The molecule has 12 heteroatoms. The Bertz CT molecular complexity index is 2590. The monoisotopic (exact) mass is 1100 g/mol. The number of hydrogen-bond donors (Lipinski definition) is 2. The van der Waals surface area contributed by atoms with Crippen LogP contribution in [-0.2, 0) is 28.9 Å². The molecule has 0 saturated carbocycles. The Morgan fingerprint density at radius 2 is 1.16 bits per heavy atom. The Balaban J connectivity index is 0.000000239. The van der Waals surface area contributed by atoms with Crippen LogP contribution in [0, 0.1) is 6.92 Å². The summed E-state index contributed by atoms with van der Waals surface area (Å²) in [5, 5.41) is 19.7. The van der Waals surface area contributed by atoms with Crippen LogP contribution < -0.4 is 14.2 Å². The molecule has 0 bridgehead atoms. The fourth-order valence-corrected chi connectivity index (χ4v) is 9.74. The molecule has 0 aromatic heterocycles. The van der Waals surface area contributed by atoms with Gasteiger partial charge in [0.1, 0.15) is 28.8 Å². The lowest BCUT2D eigenvalue weighted by molar-refractivity contribution is -0.136. The van der Waals surface area contributed by atoms with Gasteiger partial charge in [0.25, 0.3) is 0 Å². The fraction of sp³-hybridized carbons (Fsp3) is 0.235. The number of methoxy groups -OCH3 is 1. The van der Waals surface area contributed by atoms with E-state index in [0.29, 0.717) is 67.2 Å². The Kier molecular flexibility index (Phi) is 17.4. The number of aryl methyl sites for hydroxylation is 1. The van der Waals surface area contributed by atoms with Crippen LogP contribution in [0.2, 0.25) is 0 Å². The Morgan fingerprint density at radius 3 is 1.67 bits per heavy atom. The maximum Gasteiger partial charge on any atom is 0.307 e. The molecule has 6 aromatic rings. The number of Topliss-reactive ketones (excluding diaryl/α,β-unsaturated/α-hetero) is 1. The van der Waals surface area contributed by atoms with Gasteiger partial charge in [0, 0.05) is 35.1 Å². The SMILES string of the molecule is CC(=O)Cc1cc(Br)c(Oc2cc(C(C)C)c(O)cc2Cc2ccccc2)c(Br)c1.COc1cc(C(=O)c2cccc(C)c2)c(Oc2c(Br)cc(CC(=O)O)cc2Br)cc1C(C)C. The Hall–Kier alpha value is -4.75. The lowest BCUT2D eigenvalue weighted by Crippen LogP contribution is -2.07.